The number of phenols is 1. The van der Waals surface area contributed by atoms with E-state index in [4.69, 9.17) is 4.74 Å². The summed E-state index contributed by atoms with van der Waals surface area (Å²) < 4.78 is 17.4. The maximum Gasteiger partial charge on any atom is 0.255 e. The molecular weight excluding hydrogens is 241 g/mol. The number of hydrogen-bond donors (Lipinski definition) is 3. The van der Waals surface area contributed by atoms with E-state index in [1.165, 1.54) is 13.2 Å². The summed E-state index contributed by atoms with van der Waals surface area (Å²) in [6.07, 6.45) is -0.321. The second-order valence-corrected chi connectivity index (χ2v) is 3.82. The highest BCUT2D eigenvalue weighted by atomic mass is 19.1. The number of benzene rings is 1. The number of ether oxygens (including phenoxy) is 1. The molecule has 0 radical (unpaired) electrons. The van der Waals surface area contributed by atoms with E-state index in [0.717, 1.165) is 12.1 Å². The Bertz CT molecular complexity index is 411. The summed E-state index contributed by atoms with van der Waals surface area (Å²) >= 11 is 0. The molecule has 1 unspecified atom stereocenters. The first-order valence-electron chi connectivity index (χ1n) is 5.48. The van der Waals surface area contributed by atoms with Crippen molar-refractivity contribution in [2.45, 2.75) is 12.5 Å². The molecule has 1 rings (SSSR count). The summed E-state index contributed by atoms with van der Waals surface area (Å²) in [4.78, 5) is 11.6. The fourth-order valence-electron chi connectivity index (χ4n) is 1.42. The summed E-state index contributed by atoms with van der Waals surface area (Å²) in [5.74, 6) is -1.54. The zero-order valence-electron chi connectivity index (χ0n) is 10.0. The Labute approximate surface area is 104 Å². The van der Waals surface area contributed by atoms with E-state index in [1.807, 2.05) is 0 Å². The first kappa shape index (κ1) is 14.4. The van der Waals surface area contributed by atoms with Gasteiger partial charge in [0.15, 0.2) is 0 Å². The van der Waals surface area contributed by atoms with Crippen LogP contribution < -0.4 is 5.32 Å². The maximum absolute atomic E-state index is 12.7. The van der Waals surface area contributed by atoms with Gasteiger partial charge in [-0.05, 0) is 18.6 Å². The molecule has 0 aromatic heterocycles. The van der Waals surface area contributed by atoms with Gasteiger partial charge in [-0.15, -0.1) is 0 Å². The van der Waals surface area contributed by atoms with Crippen LogP contribution in [0.15, 0.2) is 18.2 Å². The van der Waals surface area contributed by atoms with Crippen LogP contribution in [0.4, 0.5) is 4.39 Å². The molecule has 0 saturated carbocycles. The minimum absolute atomic E-state index is 0.00219. The van der Waals surface area contributed by atoms with E-state index >= 15 is 0 Å². The standard InChI is InChI=1S/C12H16FNO4/c1-18-7-9(15)4-5-14-12(17)10-3-2-8(13)6-11(10)16/h2-3,6,9,15-16H,4-5,7H2,1H3,(H,14,17). The number of aliphatic hydroxyl groups excluding tert-OH is 1. The second-order valence-electron chi connectivity index (χ2n) is 3.82. The molecule has 1 amide bonds. The summed E-state index contributed by atoms with van der Waals surface area (Å²) in [5.41, 5.74) is -0.00219. The van der Waals surface area contributed by atoms with Crippen LogP contribution in [0.5, 0.6) is 5.75 Å². The van der Waals surface area contributed by atoms with E-state index in [2.05, 4.69) is 5.32 Å². The van der Waals surface area contributed by atoms with Crippen LogP contribution in [0.2, 0.25) is 0 Å². The van der Waals surface area contributed by atoms with Crippen LogP contribution in [-0.2, 0) is 4.74 Å². The highest BCUT2D eigenvalue weighted by Crippen LogP contribution is 2.17. The number of hydrogen-bond acceptors (Lipinski definition) is 4. The van der Waals surface area contributed by atoms with Crippen molar-refractivity contribution in [2.24, 2.45) is 0 Å². The lowest BCUT2D eigenvalue weighted by molar-refractivity contribution is 0.0587. The molecule has 18 heavy (non-hydrogen) atoms. The van der Waals surface area contributed by atoms with Gasteiger partial charge >= 0.3 is 0 Å². The molecule has 5 nitrogen and oxygen atoms in total. The van der Waals surface area contributed by atoms with Crippen LogP contribution in [-0.4, -0.2) is 42.5 Å². The van der Waals surface area contributed by atoms with Crippen LogP contribution in [0.1, 0.15) is 16.8 Å². The van der Waals surface area contributed by atoms with Gasteiger partial charge in [0.05, 0.1) is 18.3 Å². The summed E-state index contributed by atoms with van der Waals surface area (Å²) in [7, 11) is 1.47. The number of rotatable bonds is 6. The molecular formula is C12H16FNO4. The van der Waals surface area contributed by atoms with E-state index in [-0.39, 0.29) is 18.7 Å². The van der Waals surface area contributed by atoms with Crippen LogP contribution in [0, 0.1) is 5.82 Å². The molecule has 0 aliphatic carbocycles. The predicted octanol–water partition coefficient (Wildman–Crippen LogP) is 0.658. The molecule has 0 aliphatic heterocycles. The van der Waals surface area contributed by atoms with Gasteiger partial charge in [0.2, 0.25) is 0 Å². The average molecular weight is 257 g/mol. The minimum Gasteiger partial charge on any atom is -0.507 e. The van der Waals surface area contributed by atoms with Crippen molar-refractivity contribution in [2.75, 3.05) is 20.3 Å². The Morgan fingerprint density at radius 3 is 2.89 bits per heavy atom. The smallest absolute Gasteiger partial charge is 0.255 e. The number of carbonyl (C=O) groups is 1. The number of carbonyl (C=O) groups excluding carboxylic acids is 1. The van der Waals surface area contributed by atoms with Crippen molar-refractivity contribution in [3.8, 4) is 5.75 Å². The lowest BCUT2D eigenvalue weighted by Gasteiger charge is -2.10. The van der Waals surface area contributed by atoms with Gasteiger partial charge in [0.1, 0.15) is 11.6 Å². The molecule has 0 fully saturated rings. The first-order chi connectivity index (χ1) is 8.54. The third kappa shape index (κ3) is 4.31. The largest absolute Gasteiger partial charge is 0.507 e. The minimum atomic E-state index is -0.655. The molecule has 100 valence electrons. The number of amides is 1. The summed E-state index contributed by atoms with van der Waals surface area (Å²) in [6.45, 7) is 0.428. The number of aliphatic hydroxyl groups is 1. The molecule has 0 heterocycles. The van der Waals surface area contributed by atoms with Gasteiger partial charge in [-0.25, -0.2) is 4.39 Å². The zero-order valence-corrected chi connectivity index (χ0v) is 10.0. The average Bonchev–Trinajstić information content (AvgIpc) is 2.29. The van der Waals surface area contributed by atoms with E-state index in [1.54, 1.807) is 0 Å². The Morgan fingerprint density at radius 2 is 2.28 bits per heavy atom. The fraction of sp³-hybridized carbons (Fsp3) is 0.417. The molecule has 1 aromatic carbocycles. The maximum atomic E-state index is 12.7. The molecule has 6 heteroatoms. The Balaban J connectivity index is 2.45. The highest BCUT2D eigenvalue weighted by Gasteiger charge is 2.12. The molecule has 1 atom stereocenters. The quantitative estimate of drug-likeness (QED) is 0.699. The van der Waals surface area contributed by atoms with E-state index in [9.17, 15) is 19.4 Å². The van der Waals surface area contributed by atoms with Gasteiger partial charge in [0, 0.05) is 19.7 Å². The van der Waals surface area contributed by atoms with Crippen molar-refractivity contribution in [3.63, 3.8) is 0 Å². The monoisotopic (exact) mass is 257 g/mol. The second kappa shape index (κ2) is 6.93. The topological polar surface area (TPSA) is 78.8 Å². The van der Waals surface area contributed by atoms with Gasteiger partial charge in [-0.3, -0.25) is 4.79 Å². The number of nitrogens with one attached hydrogen (secondary N) is 1. The summed E-state index contributed by atoms with van der Waals surface area (Å²) in [6, 6.07) is 3.16. The van der Waals surface area contributed by atoms with Crippen molar-refractivity contribution in [1.82, 2.24) is 5.32 Å². The molecule has 0 spiro atoms. The molecule has 0 aliphatic rings. The number of methoxy groups -OCH3 is 1. The van der Waals surface area contributed by atoms with Crippen molar-refractivity contribution in [3.05, 3.63) is 29.6 Å². The Morgan fingerprint density at radius 1 is 1.56 bits per heavy atom. The first-order valence-corrected chi connectivity index (χ1v) is 5.48. The SMILES string of the molecule is COCC(O)CCNC(=O)c1ccc(F)cc1O. The lowest BCUT2D eigenvalue weighted by Crippen LogP contribution is -2.28. The zero-order chi connectivity index (χ0) is 13.5. The van der Waals surface area contributed by atoms with Crippen molar-refractivity contribution in [1.29, 1.82) is 0 Å². The molecule has 0 bridgehead atoms. The summed E-state index contributed by atoms with van der Waals surface area (Å²) in [5, 5.41) is 21.2. The van der Waals surface area contributed by atoms with E-state index < -0.39 is 23.6 Å². The lowest BCUT2D eigenvalue weighted by atomic mass is 10.2. The third-order valence-electron chi connectivity index (χ3n) is 2.33. The highest BCUT2D eigenvalue weighted by molar-refractivity contribution is 5.96. The van der Waals surface area contributed by atoms with Crippen molar-refractivity contribution >= 4 is 5.91 Å². The van der Waals surface area contributed by atoms with E-state index in [0.29, 0.717) is 6.42 Å². The predicted molar refractivity (Wildman–Crippen MR) is 62.9 cm³/mol. The van der Waals surface area contributed by atoms with Gasteiger partial charge in [0.25, 0.3) is 5.91 Å². The Hall–Kier alpha value is -1.66. The van der Waals surface area contributed by atoms with Gasteiger partial charge in [-0.1, -0.05) is 0 Å². The van der Waals surface area contributed by atoms with Crippen LogP contribution >= 0.6 is 0 Å². The molecule has 3 N–H and O–H groups in total. The number of aromatic hydroxyl groups is 1. The normalized spacial score (nSPS) is 12.2. The number of halogens is 1. The Kier molecular flexibility index (Phi) is 5.54. The molecule has 0 saturated heterocycles. The fourth-order valence-corrected chi connectivity index (χ4v) is 1.42. The number of phenolic OH excluding ortho intramolecular Hbond substituents is 1. The van der Waals surface area contributed by atoms with Gasteiger partial charge in [-0.2, -0.15) is 0 Å². The molecule has 1 aromatic rings. The van der Waals surface area contributed by atoms with Crippen molar-refractivity contribution < 1.29 is 24.1 Å². The van der Waals surface area contributed by atoms with Crippen LogP contribution in [0.3, 0.4) is 0 Å². The third-order valence-corrected chi connectivity index (χ3v) is 2.33. The van der Waals surface area contributed by atoms with Gasteiger partial charge < -0.3 is 20.3 Å². The van der Waals surface area contributed by atoms with Crippen LogP contribution in [0.25, 0.3) is 0 Å².